The summed E-state index contributed by atoms with van der Waals surface area (Å²) in [5, 5.41) is 9.47. The van der Waals surface area contributed by atoms with Crippen LogP contribution in [-0.2, 0) is 7.05 Å². The van der Waals surface area contributed by atoms with Gasteiger partial charge >= 0.3 is 6.03 Å². The first-order valence-electron chi connectivity index (χ1n) is 5.39. The number of aromatic nitrogens is 2. The lowest BCUT2D eigenvalue weighted by molar-refractivity contribution is 0.262. The number of nitrogens with one attached hydrogen (secondary N) is 2. The van der Waals surface area contributed by atoms with Gasteiger partial charge in [0.15, 0.2) is 0 Å². The third-order valence-corrected chi connectivity index (χ3v) is 3.12. The molecule has 18 heavy (non-hydrogen) atoms. The van der Waals surface area contributed by atoms with Crippen molar-refractivity contribution in [3.05, 3.63) is 36.5 Å². The predicted octanol–water partition coefficient (Wildman–Crippen LogP) is 2.79. The van der Waals surface area contributed by atoms with Crippen LogP contribution in [0.5, 0.6) is 0 Å². The van der Waals surface area contributed by atoms with Crippen molar-refractivity contribution < 1.29 is 4.79 Å². The van der Waals surface area contributed by atoms with Gasteiger partial charge in [-0.3, -0.25) is 10.00 Å². The molecule has 2 N–H and O–H groups in total. The Hall–Kier alpha value is -1.95. The summed E-state index contributed by atoms with van der Waals surface area (Å²) in [6.45, 7) is 0. The number of thioether (sulfide) groups is 1. The lowest BCUT2D eigenvalue weighted by Gasteiger charge is -2.08. The number of hydrogen-bond acceptors (Lipinski definition) is 3. The standard InChI is InChI=1S/C12H14N4OS/c1-16-11(6-7-13-16)15-12(17)14-9-4-3-5-10(8-9)18-2/h3-8H,1-2H3,(H2,14,15,17). The van der Waals surface area contributed by atoms with E-state index in [1.165, 1.54) is 0 Å². The summed E-state index contributed by atoms with van der Waals surface area (Å²) in [6, 6.07) is 9.13. The number of carbonyl (C=O) groups excluding carboxylic acids is 1. The first-order valence-corrected chi connectivity index (χ1v) is 6.61. The Morgan fingerprint density at radius 2 is 2.17 bits per heavy atom. The number of benzene rings is 1. The number of hydrogen-bond donors (Lipinski definition) is 2. The van der Waals surface area contributed by atoms with Gasteiger partial charge in [-0.05, 0) is 24.5 Å². The zero-order valence-corrected chi connectivity index (χ0v) is 11.0. The fourth-order valence-electron chi connectivity index (χ4n) is 1.48. The van der Waals surface area contributed by atoms with E-state index in [-0.39, 0.29) is 6.03 Å². The molecule has 0 fully saturated rings. The highest BCUT2D eigenvalue weighted by molar-refractivity contribution is 7.98. The van der Waals surface area contributed by atoms with Crippen LogP contribution in [0, 0.1) is 0 Å². The Kier molecular flexibility index (Phi) is 3.88. The number of urea groups is 1. The molecule has 1 aromatic carbocycles. The molecule has 0 spiro atoms. The lowest BCUT2D eigenvalue weighted by Crippen LogP contribution is -2.21. The molecule has 0 radical (unpaired) electrons. The summed E-state index contributed by atoms with van der Waals surface area (Å²) in [7, 11) is 1.77. The van der Waals surface area contributed by atoms with E-state index in [1.807, 2.05) is 30.5 Å². The average Bonchev–Trinajstić information content (AvgIpc) is 2.75. The van der Waals surface area contributed by atoms with Gasteiger partial charge in [0.1, 0.15) is 5.82 Å². The quantitative estimate of drug-likeness (QED) is 0.836. The lowest BCUT2D eigenvalue weighted by atomic mass is 10.3. The highest BCUT2D eigenvalue weighted by Gasteiger charge is 2.05. The Bertz CT molecular complexity index is 553. The highest BCUT2D eigenvalue weighted by Crippen LogP contribution is 2.19. The third kappa shape index (κ3) is 3.04. The van der Waals surface area contributed by atoms with Crippen LogP contribution in [0.3, 0.4) is 0 Å². The Balaban J connectivity index is 2.01. The molecular formula is C12H14N4OS. The summed E-state index contributed by atoms with van der Waals surface area (Å²) in [4.78, 5) is 12.9. The summed E-state index contributed by atoms with van der Waals surface area (Å²) in [5.74, 6) is 0.647. The van der Waals surface area contributed by atoms with Gasteiger partial charge in [-0.15, -0.1) is 11.8 Å². The Labute approximate surface area is 110 Å². The summed E-state index contributed by atoms with van der Waals surface area (Å²) in [6.07, 6.45) is 3.62. The van der Waals surface area contributed by atoms with E-state index in [0.29, 0.717) is 5.82 Å². The number of amides is 2. The van der Waals surface area contributed by atoms with Crippen molar-refractivity contribution >= 4 is 29.3 Å². The van der Waals surface area contributed by atoms with Gasteiger partial charge in [0.25, 0.3) is 0 Å². The maximum atomic E-state index is 11.8. The normalized spacial score (nSPS) is 10.1. The maximum Gasteiger partial charge on any atom is 0.324 e. The van der Waals surface area contributed by atoms with Crippen molar-refractivity contribution in [1.82, 2.24) is 9.78 Å². The van der Waals surface area contributed by atoms with Crippen LogP contribution in [0.1, 0.15) is 0 Å². The second-order valence-electron chi connectivity index (χ2n) is 3.65. The zero-order chi connectivity index (χ0) is 13.0. The molecule has 0 saturated carbocycles. The number of aryl methyl sites for hydroxylation is 1. The highest BCUT2D eigenvalue weighted by atomic mass is 32.2. The molecule has 1 aromatic heterocycles. The van der Waals surface area contributed by atoms with Gasteiger partial charge in [-0.2, -0.15) is 5.10 Å². The maximum absolute atomic E-state index is 11.8. The largest absolute Gasteiger partial charge is 0.324 e. The second kappa shape index (κ2) is 5.59. The first kappa shape index (κ1) is 12.5. The van der Waals surface area contributed by atoms with Crippen LogP contribution in [0.15, 0.2) is 41.4 Å². The van der Waals surface area contributed by atoms with Crippen LogP contribution in [0.2, 0.25) is 0 Å². The van der Waals surface area contributed by atoms with Crippen LogP contribution >= 0.6 is 11.8 Å². The van der Waals surface area contributed by atoms with Crippen LogP contribution in [0.25, 0.3) is 0 Å². The Morgan fingerprint density at radius 3 is 2.83 bits per heavy atom. The molecule has 2 rings (SSSR count). The molecular weight excluding hydrogens is 248 g/mol. The van der Waals surface area contributed by atoms with E-state index in [0.717, 1.165) is 10.6 Å². The molecule has 0 saturated heterocycles. The number of carbonyl (C=O) groups is 1. The zero-order valence-electron chi connectivity index (χ0n) is 10.2. The molecule has 2 amide bonds. The predicted molar refractivity (Wildman–Crippen MR) is 74.1 cm³/mol. The van der Waals surface area contributed by atoms with Gasteiger partial charge in [-0.25, -0.2) is 4.79 Å². The fraction of sp³-hybridized carbons (Fsp3) is 0.167. The minimum absolute atomic E-state index is 0.281. The minimum Gasteiger partial charge on any atom is -0.308 e. The summed E-state index contributed by atoms with van der Waals surface area (Å²) >= 11 is 1.63. The number of rotatable bonds is 3. The van der Waals surface area contributed by atoms with Gasteiger partial charge in [0.05, 0.1) is 6.20 Å². The molecule has 6 heteroatoms. The van der Waals surface area contributed by atoms with E-state index in [4.69, 9.17) is 0 Å². The smallest absolute Gasteiger partial charge is 0.308 e. The Morgan fingerprint density at radius 1 is 1.33 bits per heavy atom. The fourth-order valence-corrected chi connectivity index (χ4v) is 1.94. The molecule has 5 nitrogen and oxygen atoms in total. The van der Waals surface area contributed by atoms with Gasteiger partial charge in [0, 0.05) is 23.7 Å². The molecule has 0 unspecified atom stereocenters. The number of anilines is 2. The monoisotopic (exact) mass is 262 g/mol. The number of nitrogens with zero attached hydrogens (tertiary/aromatic N) is 2. The van der Waals surface area contributed by atoms with E-state index in [2.05, 4.69) is 15.7 Å². The van der Waals surface area contributed by atoms with Crippen LogP contribution in [0.4, 0.5) is 16.3 Å². The SMILES string of the molecule is CSc1cccc(NC(=O)Nc2ccnn2C)c1. The molecule has 0 aliphatic heterocycles. The molecule has 0 bridgehead atoms. The van der Waals surface area contributed by atoms with Crippen molar-refractivity contribution in [3.8, 4) is 0 Å². The van der Waals surface area contributed by atoms with Crippen LogP contribution < -0.4 is 10.6 Å². The topological polar surface area (TPSA) is 59.0 Å². The molecule has 1 heterocycles. The first-order chi connectivity index (χ1) is 8.69. The molecule has 0 atom stereocenters. The summed E-state index contributed by atoms with van der Waals surface area (Å²) in [5.41, 5.74) is 0.765. The average molecular weight is 262 g/mol. The molecule has 94 valence electrons. The van der Waals surface area contributed by atoms with Crippen LogP contribution in [-0.4, -0.2) is 22.1 Å². The van der Waals surface area contributed by atoms with E-state index >= 15 is 0 Å². The second-order valence-corrected chi connectivity index (χ2v) is 4.53. The van der Waals surface area contributed by atoms with Gasteiger partial charge in [0.2, 0.25) is 0 Å². The molecule has 0 aliphatic carbocycles. The van der Waals surface area contributed by atoms with E-state index in [1.54, 1.807) is 35.8 Å². The third-order valence-electron chi connectivity index (χ3n) is 2.39. The van der Waals surface area contributed by atoms with E-state index < -0.39 is 0 Å². The summed E-state index contributed by atoms with van der Waals surface area (Å²) < 4.78 is 1.60. The molecule has 0 aliphatic rings. The van der Waals surface area contributed by atoms with Crippen molar-refractivity contribution in [3.63, 3.8) is 0 Å². The minimum atomic E-state index is -0.281. The van der Waals surface area contributed by atoms with Gasteiger partial charge < -0.3 is 5.32 Å². The van der Waals surface area contributed by atoms with E-state index in [9.17, 15) is 4.79 Å². The molecule has 2 aromatic rings. The van der Waals surface area contributed by atoms with Crippen molar-refractivity contribution in [1.29, 1.82) is 0 Å². The van der Waals surface area contributed by atoms with Crippen molar-refractivity contribution in [2.24, 2.45) is 7.05 Å². The van der Waals surface area contributed by atoms with Crippen molar-refractivity contribution in [2.75, 3.05) is 16.9 Å². The van der Waals surface area contributed by atoms with Crippen molar-refractivity contribution in [2.45, 2.75) is 4.90 Å². The van der Waals surface area contributed by atoms with Gasteiger partial charge in [-0.1, -0.05) is 6.07 Å².